The maximum Gasteiger partial charge on any atom is 0.432 e. The summed E-state index contributed by atoms with van der Waals surface area (Å²) in [7, 11) is 0. The standard InChI is InChI=1S/C22H19F7O4.C22H19F7O3.C22H17F7O3.C20H15F7O2.C13H5BrF6O/c1-2-32-20(30)11-3-5-21(31,6-4-11)12-7-14(23)18(15(24)8-12)22(28,29)33-13-9-16(25)19(27)17(26)10-13;2*1-2-31-21(30)12-5-3-11(4-6-12)13-7-15(23)19(16(24)8-13)22(28,29)32-14-9-17(25)20(27)18(26)10-14;21-14-5-12(11-3-1-10(9-28)2-4-11)6-15(22)18(14)20(26,27)29-13-7-16(23)19(25)17(24)8-13;14-6-1-2-8(9(15)3-6)13(19,20)21-7-4-10(16)12(18)11(17)5-7/h7-11,31H,2-6H2,1H3;7-12H,2-6H2,1H3;3,7-10,12H,2,4-6H2,1H3;5-11H,1-4H2;1-5H. The first-order chi connectivity index (χ1) is 68.8. The number of aldehydes is 1. The first-order valence-electron chi connectivity index (χ1n) is 43.6. The van der Waals surface area contributed by atoms with Crippen LogP contribution in [-0.2, 0) is 69.5 Å². The number of ether oxygens (including phenoxy) is 8. The molecule has 3 saturated carbocycles. The minimum absolute atomic E-state index is 0.000676. The molecule has 4 aliphatic rings. The number of carbonyl (C=O) groups is 4. The van der Waals surface area contributed by atoms with E-state index in [1.807, 2.05) is 0 Å². The van der Waals surface area contributed by atoms with Gasteiger partial charge in [-0.15, -0.1) is 0 Å². The van der Waals surface area contributed by atoms with Crippen LogP contribution in [0.4, 0.5) is 149 Å². The van der Waals surface area contributed by atoms with Crippen LogP contribution in [0.1, 0.15) is 179 Å². The van der Waals surface area contributed by atoms with Crippen molar-refractivity contribution < 1.29 is 211 Å². The third-order valence-corrected chi connectivity index (χ3v) is 23.8. The second-order valence-corrected chi connectivity index (χ2v) is 34.0. The average molecular weight is 2200 g/mol. The Hall–Kier alpha value is -12.9. The summed E-state index contributed by atoms with van der Waals surface area (Å²) >= 11 is 2.89. The van der Waals surface area contributed by atoms with Gasteiger partial charge < -0.3 is 47.8 Å². The second kappa shape index (κ2) is 48.4. The maximum absolute atomic E-state index is 14.6. The summed E-state index contributed by atoms with van der Waals surface area (Å²) in [6, 6.07) is 9.53. The Morgan fingerprint density at radius 3 is 0.884 bits per heavy atom. The van der Waals surface area contributed by atoms with Crippen LogP contribution in [0, 0.1) is 163 Å². The molecule has 0 aliphatic heterocycles. The smallest absolute Gasteiger partial charge is 0.432 e. The Labute approximate surface area is 818 Å². The Balaban J connectivity index is 0.000000189. The van der Waals surface area contributed by atoms with Crippen LogP contribution in [0.2, 0.25) is 0 Å². The van der Waals surface area contributed by atoms with Crippen LogP contribution < -0.4 is 23.7 Å². The summed E-state index contributed by atoms with van der Waals surface area (Å²) in [5.41, 5.74) is -9.56. The third-order valence-electron chi connectivity index (χ3n) is 23.3. The summed E-state index contributed by atoms with van der Waals surface area (Å²) < 4.78 is 504. The molecule has 3 fully saturated rings. The minimum atomic E-state index is -4.73. The SMILES string of the molecule is CCOC(=O)C1CC=C(c2cc(F)c(C(F)(F)Oc3cc(F)c(F)c(F)c3)c(F)c2)CC1.CCOC(=O)C1CCC(O)(c2cc(F)c(C(F)(F)Oc3cc(F)c(F)c(F)c3)c(F)c2)CC1.CCOC(=O)C1CCC(c2cc(F)c(C(F)(F)Oc3cc(F)c(F)c(F)c3)c(F)c2)CC1.Fc1cc(Br)ccc1C(F)(F)Oc1cc(F)c(F)c(F)c1.O=CC1CCC(c2cc(F)c(C(F)(F)Oc3cc(F)c(F)c(F)c3)c(F)c2)CC1. The van der Waals surface area contributed by atoms with Crippen LogP contribution >= 0.6 is 15.9 Å². The monoisotopic (exact) mass is 2200 g/mol. The number of halogens is 35. The number of aliphatic hydroxyl groups is 1. The lowest BCUT2D eigenvalue weighted by Crippen LogP contribution is -2.35. The first kappa shape index (κ1) is 116. The summed E-state index contributed by atoms with van der Waals surface area (Å²) in [6.45, 7) is 5.61. The molecule has 14 rings (SSSR count). The van der Waals surface area contributed by atoms with Gasteiger partial charge in [-0.3, -0.25) is 14.4 Å². The van der Waals surface area contributed by atoms with E-state index in [4.69, 9.17) is 14.2 Å². The van der Waals surface area contributed by atoms with E-state index in [-0.39, 0.29) is 181 Å². The predicted molar refractivity (Wildman–Crippen MR) is 450 cm³/mol. The van der Waals surface area contributed by atoms with E-state index in [0.29, 0.717) is 87.6 Å². The number of benzene rings is 10. The molecule has 0 spiro atoms. The fourth-order valence-electron chi connectivity index (χ4n) is 16.0. The molecule has 0 bridgehead atoms. The Morgan fingerprint density at radius 1 is 0.333 bits per heavy atom. The molecule has 1 N–H and O–H groups in total. The van der Waals surface area contributed by atoms with Crippen LogP contribution in [0.5, 0.6) is 28.7 Å². The predicted octanol–water partition coefficient (Wildman–Crippen LogP) is 29.2. The summed E-state index contributed by atoms with van der Waals surface area (Å²) in [5, 5.41) is 10.8. The largest absolute Gasteiger partial charge is 0.466 e. The van der Waals surface area contributed by atoms with Crippen LogP contribution in [0.25, 0.3) is 5.57 Å². The van der Waals surface area contributed by atoms with Gasteiger partial charge in [0.25, 0.3) is 0 Å². The summed E-state index contributed by atoms with van der Waals surface area (Å²) in [4.78, 5) is 46.2. The van der Waals surface area contributed by atoms with Crippen LogP contribution in [-0.4, -0.2) is 49.1 Å². The van der Waals surface area contributed by atoms with Gasteiger partial charge in [-0.2, -0.15) is 43.9 Å². The highest BCUT2D eigenvalue weighted by Gasteiger charge is 2.49. The van der Waals surface area contributed by atoms with Gasteiger partial charge in [0, 0.05) is 71.1 Å². The topological polar surface area (TPSA) is 162 Å². The first-order valence-corrected chi connectivity index (χ1v) is 44.4. The number of allylic oxidation sites excluding steroid dienone is 2. The summed E-state index contributed by atoms with van der Waals surface area (Å²) in [5.74, 6) is -50.7. The molecule has 0 radical (unpaired) electrons. The van der Waals surface area contributed by atoms with Gasteiger partial charge >= 0.3 is 48.5 Å². The van der Waals surface area contributed by atoms with Gasteiger partial charge in [-0.1, -0.05) is 22.0 Å². The molecular weight excluding hydrogens is 2120 g/mol. The molecule has 0 aromatic heterocycles. The van der Waals surface area contributed by atoms with Gasteiger partial charge in [-0.05, 0) is 223 Å². The second-order valence-electron chi connectivity index (χ2n) is 33.1. The van der Waals surface area contributed by atoms with E-state index < -0.39 is 250 Å². The molecule has 13 nitrogen and oxygen atoms in total. The zero-order valence-corrected chi connectivity index (χ0v) is 77.1. The number of esters is 3. The Kier molecular flexibility index (Phi) is 38.2. The number of hydrogen-bond donors (Lipinski definition) is 1. The van der Waals surface area contributed by atoms with Crippen molar-refractivity contribution in [3.8, 4) is 28.7 Å². The third kappa shape index (κ3) is 28.7. The molecule has 0 heterocycles. The highest BCUT2D eigenvalue weighted by Crippen LogP contribution is 2.49. The number of alkyl halides is 10. The fraction of sp³-hybridized carbons (Fsp3) is 0.333. The quantitative estimate of drug-likeness (QED) is 0.0179. The Morgan fingerprint density at radius 2 is 0.605 bits per heavy atom. The van der Waals surface area contributed by atoms with E-state index in [1.165, 1.54) is 0 Å². The van der Waals surface area contributed by atoms with Gasteiger partial charge in [-0.25, -0.2) is 105 Å². The number of rotatable bonds is 26. The zero-order valence-electron chi connectivity index (χ0n) is 75.5. The lowest BCUT2D eigenvalue weighted by Gasteiger charge is -2.36. The number of hydrogen-bond acceptors (Lipinski definition) is 13. The normalized spacial score (nSPS) is 18.0. The summed E-state index contributed by atoms with van der Waals surface area (Å²) in [6.07, 6.45) is -15.7. The lowest BCUT2D eigenvalue weighted by atomic mass is 9.75. The van der Waals surface area contributed by atoms with Crippen LogP contribution in [0.15, 0.2) is 138 Å². The molecule has 48 heteroatoms. The number of carbonyl (C=O) groups excluding carboxylic acids is 4. The van der Waals surface area contributed by atoms with Crippen molar-refractivity contribution >= 4 is 45.7 Å². The molecular formula is C99H75BrF34O13. The Bertz CT molecular complexity index is 6290. The molecule has 4 aliphatic carbocycles. The van der Waals surface area contributed by atoms with Crippen molar-refractivity contribution in [3.63, 3.8) is 0 Å². The van der Waals surface area contributed by atoms with Crippen molar-refractivity contribution in [2.75, 3.05) is 19.8 Å². The molecule has 794 valence electrons. The van der Waals surface area contributed by atoms with E-state index in [9.17, 15) is 174 Å². The lowest BCUT2D eigenvalue weighted by molar-refractivity contribution is -0.190. The molecule has 1 atom stereocenters. The average Bonchev–Trinajstić information content (AvgIpc) is 0.740. The maximum atomic E-state index is 14.6. The van der Waals surface area contributed by atoms with E-state index in [2.05, 4.69) is 39.6 Å². The van der Waals surface area contributed by atoms with Crippen molar-refractivity contribution in [1.29, 1.82) is 0 Å². The van der Waals surface area contributed by atoms with E-state index in [0.717, 1.165) is 48.8 Å². The van der Waals surface area contributed by atoms with E-state index in [1.54, 1.807) is 26.8 Å². The molecule has 1 unspecified atom stereocenters. The molecule has 147 heavy (non-hydrogen) atoms. The molecule has 0 saturated heterocycles. The zero-order chi connectivity index (χ0) is 109. The van der Waals surface area contributed by atoms with Crippen molar-refractivity contribution in [3.05, 3.63) is 328 Å². The minimum Gasteiger partial charge on any atom is -0.466 e. The van der Waals surface area contributed by atoms with E-state index >= 15 is 0 Å². The van der Waals surface area contributed by atoms with Crippen molar-refractivity contribution in [2.45, 2.75) is 165 Å². The highest BCUT2D eigenvalue weighted by molar-refractivity contribution is 9.10. The van der Waals surface area contributed by atoms with Gasteiger partial charge in [0.1, 0.15) is 115 Å². The molecule has 10 aromatic rings. The van der Waals surface area contributed by atoms with Crippen LogP contribution in [0.3, 0.4) is 0 Å². The van der Waals surface area contributed by atoms with Gasteiger partial charge in [0.05, 0.1) is 43.2 Å². The van der Waals surface area contributed by atoms with Gasteiger partial charge in [0.15, 0.2) is 87.3 Å². The fourth-order valence-corrected chi connectivity index (χ4v) is 16.3. The highest BCUT2D eigenvalue weighted by atomic mass is 79.9. The molecule has 0 amide bonds. The van der Waals surface area contributed by atoms with Gasteiger partial charge in [0.2, 0.25) is 0 Å². The van der Waals surface area contributed by atoms with Crippen molar-refractivity contribution in [1.82, 2.24) is 0 Å². The molecule has 10 aromatic carbocycles. The van der Waals surface area contributed by atoms with Crippen molar-refractivity contribution in [2.24, 2.45) is 23.7 Å².